The first-order chi connectivity index (χ1) is 7.22. The molecule has 4 heteroatoms. The Morgan fingerprint density at radius 3 is 2.87 bits per heavy atom. The third-order valence-corrected chi connectivity index (χ3v) is 2.30. The highest BCUT2D eigenvalue weighted by atomic mass is 19.1. The Bertz CT molecular complexity index is 479. The highest BCUT2D eigenvalue weighted by Crippen LogP contribution is 2.17. The zero-order chi connectivity index (χ0) is 10.8. The van der Waals surface area contributed by atoms with Gasteiger partial charge in [-0.25, -0.2) is 9.37 Å². The number of aromatic nitrogens is 2. The van der Waals surface area contributed by atoms with Gasteiger partial charge < -0.3 is 9.67 Å². The van der Waals surface area contributed by atoms with Gasteiger partial charge in [0.2, 0.25) is 0 Å². The summed E-state index contributed by atoms with van der Waals surface area (Å²) in [6, 6.07) is 4.33. The van der Waals surface area contributed by atoms with Crippen LogP contribution in [0.25, 0.3) is 5.69 Å². The van der Waals surface area contributed by atoms with Crippen molar-refractivity contribution in [3.8, 4) is 5.69 Å². The van der Waals surface area contributed by atoms with Crippen LogP contribution in [-0.4, -0.2) is 14.7 Å². The molecule has 1 N–H and O–H groups in total. The summed E-state index contributed by atoms with van der Waals surface area (Å²) in [6.45, 7) is 1.66. The van der Waals surface area contributed by atoms with Crippen LogP contribution in [0, 0.1) is 12.7 Å². The number of hydrogen-bond acceptors (Lipinski definition) is 2. The van der Waals surface area contributed by atoms with Crippen LogP contribution in [0.3, 0.4) is 0 Å². The first kappa shape index (κ1) is 9.86. The van der Waals surface area contributed by atoms with Crippen molar-refractivity contribution in [2.45, 2.75) is 13.5 Å². The van der Waals surface area contributed by atoms with E-state index in [2.05, 4.69) is 4.98 Å². The molecule has 0 aliphatic heterocycles. The largest absolute Gasteiger partial charge is 0.392 e. The molecule has 0 amide bonds. The Labute approximate surface area is 86.8 Å². The quantitative estimate of drug-likeness (QED) is 0.813. The first-order valence-corrected chi connectivity index (χ1v) is 4.62. The molecule has 2 rings (SSSR count). The zero-order valence-electron chi connectivity index (χ0n) is 8.31. The average Bonchev–Trinajstić information content (AvgIpc) is 2.64. The van der Waals surface area contributed by atoms with Crippen LogP contribution in [0.5, 0.6) is 0 Å². The van der Waals surface area contributed by atoms with Gasteiger partial charge in [-0.1, -0.05) is 0 Å². The van der Waals surface area contributed by atoms with E-state index < -0.39 is 0 Å². The van der Waals surface area contributed by atoms with Gasteiger partial charge in [-0.3, -0.25) is 0 Å². The van der Waals surface area contributed by atoms with Crippen molar-refractivity contribution in [3.05, 3.63) is 47.8 Å². The third kappa shape index (κ3) is 1.76. The molecule has 1 aromatic heterocycles. The predicted octanol–water partition coefficient (Wildman–Crippen LogP) is 1.81. The van der Waals surface area contributed by atoms with Crippen LogP contribution in [0.2, 0.25) is 0 Å². The SMILES string of the molecule is Cc1nccn1-c1ccc(F)cc1CO. The molecule has 15 heavy (non-hydrogen) atoms. The van der Waals surface area contributed by atoms with Crippen molar-refractivity contribution < 1.29 is 9.50 Å². The molecular weight excluding hydrogens is 195 g/mol. The summed E-state index contributed by atoms with van der Waals surface area (Å²) in [4.78, 5) is 4.08. The van der Waals surface area contributed by atoms with Crippen molar-refractivity contribution in [3.63, 3.8) is 0 Å². The molecule has 0 atom stereocenters. The van der Waals surface area contributed by atoms with Crippen LogP contribution in [0.1, 0.15) is 11.4 Å². The van der Waals surface area contributed by atoms with Gasteiger partial charge in [-0.05, 0) is 25.1 Å². The fourth-order valence-electron chi connectivity index (χ4n) is 1.55. The summed E-state index contributed by atoms with van der Waals surface area (Å²) in [5.41, 5.74) is 1.31. The number of benzene rings is 1. The molecule has 2 aromatic rings. The molecule has 0 aliphatic carbocycles. The monoisotopic (exact) mass is 206 g/mol. The van der Waals surface area contributed by atoms with Gasteiger partial charge in [0.25, 0.3) is 0 Å². The Hall–Kier alpha value is -1.68. The lowest BCUT2D eigenvalue weighted by molar-refractivity contribution is 0.281. The number of nitrogens with zero attached hydrogens (tertiary/aromatic N) is 2. The Morgan fingerprint density at radius 1 is 1.47 bits per heavy atom. The van der Waals surface area contributed by atoms with Gasteiger partial charge >= 0.3 is 0 Å². The van der Waals surface area contributed by atoms with Gasteiger partial charge in [-0.2, -0.15) is 0 Å². The number of aryl methyl sites for hydroxylation is 1. The van der Waals surface area contributed by atoms with Gasteiger partial charge in [0.05, 0.1) is 12.3 Å². The third-order valence-electron chi connectivity index (χ3n) is 2.30. The van der Waals surface area contributed by atoms with E-state index in [-0.39, 0.29) is 12.4 Å². The van der Waals surface area contributed by atoms with E-state index in [1.165, 1.54) is 12.1 Å². The fraction of sp³-hybridized carbons (Fsp3) is 0.182. The lowest BCUT2D eigenvalue weighted by Gasteiger charge is -2.09. The molecule has 1 aromatic carbocycles. The zero-order valence-corrected chi connectivity index (χ0v) is 8.31. The van der Waals surface area contributed by atoms with E-state index in [0.717, 1.165) is 11.5 Å². The van der Waals surface area contributed by atoms with E-state index in [0.29, 0.717) is 5.56 Å². The van der Waals surface area contributed by atoms with Crippen LogP contribution >= 0.6 is 0 Å². The molecule has 1 heterocycles. The van der Waals surface area contributed by atoms with Crippen LogP contribution in [0.4, 0.5) is 4.39 Å². The van der Waals surface area contributed by atoms with Crippen molar-refractivity contribution in [1.29, 1.82) is 0 Å². The molecule has 0 saturated carbocycles. The van der Waals surface area contributed by atoms with E-state index in [4.69, 9.17) is 5.11 Å². The van der Waals surface area contributed by atoms with E-state index in [1.807, 2.05) is 11.5 Å². The molecule has 0 radical (unpaired) electrons. The van der Waals surface area contributed by atoms with Crippen molar-refractivity contribution in [2.24, 2.45) is 0 Å². The maximum absolute atomic E-state index is 12.9. The standard InChI is InChI=1S/C11H11FN2O/c1-8-13-4-5-14(8)11-3-2-10(12)6-9(11)7-15/h2-6,15H,7H2,1H3. The van der Waals surface area contributed by atoms with E-state index >= 15 is 0 Å². The number of aliphatic hydroxyl groups is 1. The first-order valence-electron chi connectivity index (χ1n) is 4.62. The van der Waals surface area contributed by atoms with Crippen LogP contribution in [-0.2, 0) is 6.61 Å². The fourth-order valence-corrected chi connectivity index (χ4v) is 1.55. The summed E-state index contributed by atoms with van der Waals surface area (Å²) in [5.74, 6) is 0.455. The predicted molar refractivity (Wildman–Crippen MR) is 54.2 cm³/mol. The summed E-state index contributed by atoms with van der Waals surface area (Å²) >= 11 is 0. The Morgan fingerprint density at radius 2 is 2.27 bits per heavy atom. The molecule has 3 nitrogen and oxygen atoms in total. The lowest BCUT2D eigenvalue weighted by atomic mass is 10.2. The summed E-state index contributed by atoms with van der Waals surface area (Å²) in [6.07, 6.45) is 3.45. The lowest BCUT2D eigenvalue weighted by Crippen LogP contribution is -2.01. The maximum Gasteiger partial charge on any atom is 0.123 e. The summed E-state index contributed by atoms with van der Waals surface area (Å²) < 4.78 is 14.8. The number of aliphatic hydroxyl groups excluding tert-OH is 1. The van der Waals surface area contributed by atoms with Gasteiger partial charge in [0, 0.05) is 18.0 Å². The Kier molecular flexibility index (Phi) is 2.51. The summed E-state index contributed by atoms with van der Waals surface area (Å²) in [5, 5.41) is 9.13. The van der Waals surface area contributed by atoms with Crippen LogP contribution < -0.4 is 0 Å². The minimum Gasteiger partial charge on any atom is -0.392 e. The molecular formula is C11H11FN2O. The van der Waals surface area contributed by atoms with E-state index in [1.54, 1.807) is 18.5 Å². The van der Waals surface area contributed by atoms with Crippen LogP contribution in [0.15, 0.2) is 30.6 Å². The van der Waals surface area contributed by atoms with Gasteiger partial charge in [0.15, 0.2) is 0 Å². The Balaban J connectivity index is 2.58. The number of halogens is 1. The van der Waals surface area contributed by atoms with Gasteiger partial charge in [-0.15, -0.1) is 0 Å². The maximum atomic E-state index is 12.9. The van der Waals surface area contributed by atoms with Crippen molar-refractivity contribution in [1.82, 2.24) is 9.55 Å². The van der Waals surface area contributed by atoms with Crippen molar-refractivity contribution >= 4 is 0 Å². The molecule has 0 unspecified atom stereocenters. The van der Waals surface area contributed by atoms with Crippen molar-refractivity contribution in [2.75, 3.05) is 0 Å². The topological polar surface area (TPSA) is 38.0 Å². The number of imidazole rings is 1. The van der Waals surface area contributed by atoms with Gasteiger partial charge in [0.1, 0.15) is 11.6 Å². The average molecular weight is 206 g/mol. The minimum absolute atomic E-state index is 0.190. The normalized spacial score (nSPS) is 10.6. The summed E-state index contributed by atoms with van der Waals surface area (Å²) in [7, 11) is 0. The van der Waals surface area contributed by atoms with E-state index in [9.17, 15) is 4.39 Å². The highest BCUT2D eigenvalue weighted by Gasteiger charge is 2.06. The second kappa shape index (κ2) is 3.82. The molecule has 0 bridgehead atoms. The smallest absolute Gasteiger partial charge is 0.123 e. The molecule has 0 spiro atoms. The molecule has 78 valence electrons. The molecule has 0 fully saturated rings. The molecule has 0 saturated heterocycles. The minimum atomic E-state index is -0.347. The molecule has 0 aliphatic rings. The number of hydrogen-bond donors (Lipinski definition) is 1. The number of rotatable bonds is 2. The second-order valence-corrected chi connectivity index (χ2v) is 3.28. The second-order valence-electron chi connectivity index (χ2n) is 3.28. The highest BCUT2D eigenvalue weighted by molar-refractivity contribution is 5.41.